The van der Waals surface area contributed by atoms with Gasteiger partial charge in [-0.25, -0.2) is 0 Å². The molecule has 0 bridgehead atoms. The minimum atomic E-state index is -0.750. The van der Waals surface area contributed by atoms with E-state index in [9.17, 15) is 9.59 Å². The summed E-state index contributed by atoms with van der Waals surface area (Å²) in [6, 6.07) is 9.50. The molecule has 2 aromatic carbocycles. The standard InChI is InChI=1S/C25H29NO6/c1-30-20-10-9-17(16-6-5-7-18-19(16)14-26-24(18)29)22(23(20)31-2)32-15-25(12-13-25)11-4-3-8-21(27)28/h5-7,9-10H,3-4,8,11-15H2,1-2H3,(H,26,29)(H,27,28). The van der Waals surface area contributed by atoms with Gasteiger partial charge in [-0.15, -0.1) is 0 Å². The maximum atomic E-state index is 12.2. The van der Waals surface area contributed by atoms with E-state index in [0.717, 1.165) is 42.4 Å². The van der Waals surface area contributed by atoms with Crippen molar-refractivity contribution in [3.63, 3.8) is 0 Å². The van der Waals surface area contributed by atoms with Crippen LogP contribution in [0.5, 0.6) is 17.2 Å². The molecule has 0 aromatic heterocycles. The summed E-state index contributed by atoms with van der Waals surface area (Å²) in [5.41, 5.74) is 3.51. The Hall–Kier alpha value is -3.22. The zero-order valence-electron chi connectivity index (χ0n) is 18.5. The number of carbonyl (C=O) groups is 2. The van der Waals surface area contributed by atoms with Gasteiger partial charge >= 0.3 is 5.97 Å². The number of aliphatic carboxylic acids is 1. The van der Waals surface area contributed by atoms with E-state index in [2.05, 4.69) is 5.32 Å². The van der Waals surface area contributed by atoms with Crippen LogP contribution in [0.4, 0.5) is 0 Å². The predicted octanol–water partition coefficient (Wildman–Crippen LogP) is 4.42. The lowest BCUT2D eigenvalue weighted by Gasteiger charge is -2.22. The van der Waals surface area contributed by atoms with Gasteiger partial charge in [0, 0.05) is 29.5 Å². The van der Waals surface area contributed by atoms with Gasteiger partial charge in [0.15, 0.2) is 11.5 Å². The van der Waals surface area contributed by atoms with E-state index < -0.39 is 5.97 Å². The van der Waals surface area contributed by atoms with Gasteiger partial charge < -0.3 is 24.6 Å². The summed E-state index contributed by atoms with van der Waals surface area (Å²) in [6.45, 7) is 1.01. The smallest absolute Gasteiger partial charge is 0.303 e. The zero-order chi connectivity index (χ0) is 22.7. The molecule has 0 saturated heterocycles. The third kappa shape index (κ3) is 4.38. The summed E-state index contributed by atoms with van der Waals surface area (Å²) < 4.78 is 17.6. The van der Waals surface area contributed by atoms with E-state index in [1.54, 1.807) is 14.2 Å². The first-order valence-corrected chi connectivity index (χ1v) is 11.0. The number of carbonyl (C=O) groups excluding carboxylic acids is 1. The third-order valence-electron chi connectivity index (χ3n) is 6.46. The lowest BCUT2D eigenvalue weighted by Crippen LogP contribution is -2.14. The number of fused-ring (bicyclic) bond motifs is 1. The largest absolute Gasteiger partial charge is 0.493 e. The van der Waals surface area contributed by atoms with Crippen LogP contribution in [0.25, 0.3) is 11.1 Å². The maximum absolute atomic E-state index is 12.2. The molecular formula is C25H29NO6. The highest BCUT2D eigenvalue weighted by Gasteiger charge is 2.43. The summed E-state index contributed by atoms with van der Waals surface area (Å²) >= 11 is 0. The van der Waals surface area contributed by atoms with Crippen molar-refractivity contribution in [2.75, 3.05) is 20.8 Å². The van der Waals surface area contributed by atoms with E-state index in [-0.39, 0.29) is 17.7 Å². The highest BCUT2D eigenvalue weighted by molar-refractivity contribution is 6.01. The summed E-state index contributed by atoms with van der Waals surface area (Å²) in [5, 5.41) is 11.8. The number of benzene rings is 2. The first kappa shape index (κ1) is 22.0. The summed E-state index contributed by atoms with van der Waals surface area (Å²) in [6.07, 6.45) is 4.85. The molecule has 7 heteroatoms. The maximum Gasteiger partial charge on any atom is 0.303 e. The van der Waals surface area contributed by atoms with Crippen LogP contribution in [0.1, 0.15) is 54.4 Å². The molecular weight excluding hydrogens is 410 g/mol. The Labute approximate surface area is 187 Å². The van der Waals surface area contributed by atoms with Crippen LogP contribution in [0, 0.1) is 5.41 Å². The average molecular weight is 440 g/mol. The van der Waals surface area contributed by atoms with Crippen LogP contribution in [0.3, 0.4) is 0 Å². The Morgan fingerprint density at radius 2 is 1.81 bits per heavy atom. The second kappa shape index (κ2) is 9.10. The number of hydrogen-bond acceptors (Lipinski definition) is 5. The van der Waals surface area contributed by atoms with E-state index >= 15 is 0 Å². The van der Waals surface area contributed by atoms with Crippen molar-refractivity contribution in [3.05, 3.63) is 41.5 Å². The zero-order valence-corrected chi connectivity index (χ0v) is 18.5. The van der Waals surface area contributed by atoms with Crippen LogP contribution in [0.2, 0.25) is 0 Å². The van der Waals surface area contributed by atoms with Crippen molar-refractivity contribution >= 4 is 11.9 Å². The van der Waals surface area contributed by atoms with Crippen molar-refractivity contribution in [1.29, 1.82) is 0 Å². The predicted molar refractivity (Wildman–Crippen MR) is 119 cm³/mol. The van der Waals surface area contributed by atoms with Gasteiger partial charge in [-0.3, -0.25) is 9.59 Å². The van der Waals surface area contributed by atoms with Crippen molar-refractivity contribution in [3.8, 4) is 28.4 Å². The number of nitrogens with one attached hydrogen (secondary N) is 1. The van der Waals surface area contributed by atoms with Gasteiger partial charge in [-0.2, -0.15) is 0 Å². The fraction of sp³-hybridized carbons (Fsp3) is 0.440. The van der Waals surface area contributed by atoms with Crippen LogP contribution in [-0.4, -0.2) is 37.8 Å². The molecule has 1 heterocycles. The van der Waals surface area contributed by atoms with Gasteiger partial charge in [0.2, 0.25) is 5.75 Å². The number of unbranched alkanes of at least 4 members (excludes halogenated alkanes) is 1. The number of hydrogen-bond donors (Lipinski definition) is 2. The molecule has 2 N–H and O–H groups in total. The normalized spacial score (nSPS) is 15.6. The number of ether oxygens (including phenoxy) is 3. The molecule has 0 unspecified atom stereocenters. The number of carboxylic acids is 1. The summed E-state index contributed by atoms with van der Waals surface area (Å²) in [4.78, 5) is 22.9. The fourth-order valence-electron chi connectivity index (χ4n) is 4.41. The minimum absolute atomic E-state index is 0.0666. The molecule has 7 nitrogen and oxygen atoms in total. The molecule has 2 aliphatic rings. The van der Waals surface area contributed by atoms with Gasteiger partial charge in [0.25, 0.3) is 5.91 Å². The van der Waals surface area contributed by atoms with E-state index in [1.165, 1.54) is 0 Å². The minimum Gasteiger partial charge on any atom is -0.493 e. The Bertz CT molecular complexity index is 1030. The Morgan fingerprint density at radius 1 is 1.03 bits per heavy atom. The number of amides is 1. The average Bonchev–Trinajstić information content (AvgIpc) is 3.47. The molecule has 0 spiro atoms. The molecule has 1 saturated carbocycles. The van der Waals surface area contributed by atoms with Gasteiger partial charge in [0.05, 0.1) is 20.8 Å². The molecule has 1 fully saturated rings. The molecule has 1 aliphatic carbocycles. The van der Waals surface area contributed by atoms with Gasteiger partial charge in [0.1, 0.15) is 0 Å². The van der Waals surface area contributed by atoms with Gasteiger partial charge in [-0.05, 0) is 55.0 Å². The summed E-state index contributed by atoms with van der Waals surface area (Å²) in [7, 11) is 3.18. The van der Waals surface area contributed by atoms with E-state index in [0.29, 0.717) is 42.4 Å². The van der Waals surface area contributed by atoms with E-state index in [1.807, 2.05) is 30.3 Å². The topological polar surface area (TPSA) is 94.1 Å². The number of carboxylic acid groups (broad SMARTS) is 1. The Kier molecular flexibility index (Phi) is 6.26. The monoisotopic (exact) mass is 439 g/mol. The lowest BCUT2D eigenvalue weighted by molar-refractivity contribution is -0.137. The Morgan fingerprint density at radius 3 is 2.50 bits per heavy atom. The highest BCUT2D eigenvalue weighted by atomic mass is 16.5. The van der Waals surface area contributed by atoms with Crippen LogP contribution in [0.15, 0.2) is 30.3 Å². The van der Waals surface area contributed by atoms with Crippen LogP contribution < -0.4 is 19.5 Å². The SMILES string of the molecule is COc1ccc(-c2cccc3c2CNC3=O)c(OCC2(CCCCC(=O)O)CC2)c1OC. The van der Waals surface area contributed by atoms with E-state index in [4.69, 9.17) is 19.3 Å². The third-order valence-corrected chi connectivity index (χ3v) is 6.46. The van der Waals surface area contributed by atoms with Crippen molar-refractivity contribution in [2.45, 2.75) is 45.1 Å². The quantitative estimate of drug-likeness (QED) is 0.504. The lowest BCUT2D eigenvalue weighted by atomic mass is 9.95. The van der Waals surface area contributed by atoms with Gasteiger partial charge in [-0.1, -0.05) is 18.6 Å². The number of rotatable bonds is 11. The highest BCUT2D eigenvalue weighted by Crippen LogP contribution is 2.52. The van der Waals surface area contributed by atoms with Crippen LogP contribution >= 0.6 is 0 Å². The molecule has 1 amide bonds. The molecule has 4 rings (SSSR count). The first-order chi connectivity index (χ1) is 15.5. The van der Waals surface area contributed by atoms with Crippen molar-refractivity contribution in [2.24, 2.45) is 5.41 Å². The molecule has 0 atom stereocenters. The fourth-order valence-corrected chi connectivity index (χ4v) is 4.41. The first-order valence-electron chi connectivity index (χ1n) is 11.0. The van der Waals surface area contributed by atoms with Crippen molar-refractivity contribution in [1.82, 2.24) is 5.32 Å². The molecule has 2 aromatic rings. The number of methoxy groups -OCH3 is 2. The second-order valence-electron chi connectivity index (χ2n) is 8.58. The van der Waals surface area contributed by atoms with Crippen LogP contribution in [-0.2, 0) is 11.3 Å². The summed E-state index contributed by atoms with van der Waals surface area (Å²) in [5.74, 6) is 0.903. The molecule has 0 radical (unpaired) electrons. The molecule has 1 aliphatic heterocycles. The second-order valence-corrected chi connectivity index (χ2v) is 8.58. The molecule has 32 heavy (non-hydrogen) atoms. The molecule has 170 valence electrons. The van der Waals surface area contributed by atoms with Crippen molar-refractivity contribution < 1.29 is 28.9 Å². The Balaban J connectivity index is 1.62.